The first-order valence-corrected chi connectivity index (χ1v) is 3.39. The highest BCUT2D eigenvalue weighted by Gasteiger charge is 2.05. The number of hydrogen-bond donors (Lipinski definition) is 0. The summed E-state index contributed by atoms with van der Waals surface area (Å²) < 4.78 is 0. The second-order valence-electron chi connectivity index (χ2n) is 2.74. The van der Waals surface area contributed by atoms with Crippen LogP contribution in [0.4, 0.5) is 0 Å². The topological polar surface area (TPSA) is 0 Å². The lowest BCUT2D eigenvalue weighted by Gasteiger charge is -2.15. The molecule has 0 unspecified atom stereocenters. The van der Waals surface area contributed by atoms with Gasteiger partial charge in [-0.15, -0.1) is 24.0 Å². The van der Waals surface area contributed by atoms with Gasteiger partial charge in [0.05, 0.1) is 0 Å². The lowest BCUT2D eigenvalue weighted by molar-refractivity contribution is 0.385. The van der Waals surface area contributed by atoms with Crippen LogP contribution in [0.15, 0.2) is 0 Å². The van der Waals surface area contributed by atoms with Gasteiger partial charge in [-0.2, -0.15) is 0 Å². The highest BCUT2D eigenvalue weighted by molar-refractivity contribution is 14.0. The van der Waals surface area contributed by atoms with Gasteiger partial charge in [-0.3, -0.25) is 0 Å². The molecular formula is C7H15I. The van der Waals surface area contributed by atoms with Crippen molar-refractivity contribution in [3.63, 3.8) is 0 Å². The summed E-state index contributed by atoms with van der Waals surface area (Å²) in [6, 6.07) is 0. The Kier molecular flexibility index (Phi) is 5.01. The number of halogens is 1. The van der Waals surface area contributed by atoms with Crippen molar-refractivity contribution in [3.05, 3.63) is 0 Å². The van der Waals surface area contributed by atoms with Crippen LogP contribution in [0.3, 0.4) is 0 Å². The van der Waals surface area contributed by atoms with Gasteiger partial charge in [-0.1, -0.05) is 39.0 Å². The second-order valence-corrected chi connectivity index (χ2v) is 2.74. The van der Waals surface area contributed by atoms with Gasteiger partial charge in [0.2, 0.25) is 0 Å². The van der Waals surface area contributed by atoms with Crippen molar-refractivity contribution in [2.75, 3.05) is 0 Å². The summed E-state index contributed by atoms with van der Waals surface area (Å²) in [5, 5.41) is 0. The van der Waals surface area contributed by atoms with Crippen LogP contribution in [0.1, 0.15) is 39.0 Å². The standard InChI is InChI=1S/C7H14.HI/c1-7-5-3-2-4-6-7;/h7H,2-6H2,1H3;1H. The van der Waals surface area contributed by atoms with Crippen molar-refractivity contribution in [3.8, 4) is 0 Å². The minimum absolute atomic E-state index is 0. The molecule has 1 aliphatic rings. The quantitative estimate of drug-likeness (QED) is 0.556. The fourth-order valence-electron chi connectivity index (χ4n) is 1.31. The minimum Gasteiger partial charge on any atom is -0.107 e. The molecule has 50 valence electrons. The summed E-state index contributed by atoms with van der Waals surface area (Å²) in [7, 11) is 0. The van der Waals surface area contributed by atoms with Gasteiger partial charge in [0.1, 0.15) is 0 Å². The zero-order valence-electron chi connectivity index (χ0n) is 5.52. The zero-order valence-corrected chi connectivity index (χ0v) is 7.85. The van der Waals surface area contributed by atoms with Crippen molar-refractivity contribution in [2.45, 2.75) is 39.0 Å². The molecule has 0 nitrogen and oxygen atoms in total. The average Bonchev–Trinajstić information content (AvgIpc) is 1.69. The van der Waals surface area contributed by atoms with Crippen molar-refractivity contribution in [2.24, 2.45) is 5.92 Å². The largest absolute Gasteiger partial charge is 0.107 e. The Hall–Kier alpha value is 0.730. The van der Waals surface area contributed by atoms with E-state index >= 15 is 0 Å². The predicted octanol–water partition coefficient (Wildman–Crippen LogP) is 3.20. The first-order chi connectivity index (χ1) is 3.39. The van der Waals surface area contributed by atoms with E-state index in [0.29, 0.717) is 0 Å². The molecule has 0 heterocycles. The molecule has 0 aromatic heterocycles. The lowest BCUT2D eigenvalue weighted by Crippen LogP contribution is -1.99. The lowest BCUT2D eigenvalue weighted by atomic mass is 9.91. The molecule has 0 saturated heterocycles. The Morgan fingerprint density at radius 3 is 1.75 bits per heavy atom. The zero-order chi connectivity index (χ0) is 5.11. The third-order valence-corrected chi connectivity index (χ3v) is 1.89. The molecule has 0 amide bonds. The van der Waals surface area contributed by atoms with Crippen LogP contribution in [0.5, 0.6) is 0 Å². The van der Waals surface area contributed by atoms with E-state index in [9.17, 15) is 0 Å². The summed E-state index contributed by atoms with van der Waals surface area (Å²) in [4.78, 5) is 0. The van der Waals surface area contributed by atoms with E-state index in [2.05, 4.69) is 6.92 Å². The van der Waals surface area contributed by atoms with Crippen LogP contribution in [-0.4, -0.2) is 0 Å². The van der Waals surface area contributed by atoms with Crippen LogP contribution in [0.2, 0.25) is 0 Å². The molecule has 0 N–H and O–H groups in total. The molecule has 0 aliphatic heterocycles. The summed E-state index contributed by atoms with van der Waals surface area (Å²) >= 11 is 0. The van der Waals surface area contributed by atoms with Crippen LogP contribution < -0.4 is 0 Å². The Morgan fingerprint density at radius 2 is 1.50 bits per heavy atom. The smallest absolute Gasteiger partial charge is 0.0443 e. The molecule has 1 fully saturated rings. The van der Waals surface area contributed by atoms with Gasteiger partial charge >= 0.3 is 0 Å². The van der Waals surface area contributed by atoms with E-state index < -0.39 is 0 Å². The summed E-state index contributed by atoms with van der Waals surface area (Å²) in [5.41, 5.74) is 0. The first-order valence-electron chi connectivity index (χ1n) is 3.39. The van der Waals surface area contributed by atoms with Crippen LogP contribution in [0, 0.1) is 5.92 Å². The highest BCUT2D eigenvalue weighted by atomic mass is 127. The van der Waals surface area contributed by atoms with E-state index in [1.165, 1.54) is 32.1 Å². The van der Waals surface area contributed by atoms with Crippen LogP contribution in [0.25, 0.3) is 0 Å². The Balaban J connectivity index is 0.000000490. The molecule has 0 aromatic rings. The first kappa shape index (κ1) is 8.73. The van der Waals surface area contributed by atoms with E-state index in [-0.39, 0.29) is 24.0 Å². The molecule has 0 bridgehead atoms. The van der Waals surface area contributed by atoms with E-state index in [0.717, 1.165) is 5.92 Å². The SMILES string of the molecule is CC1CCCCC1.I. The van der Waals surface area contributed by atoms with Crippen molar-refractivity contribution in [1.29, 1.82) is 0 Å². The number of rotatable bonds is 0. The third-order valence-electron chi connectivity index (χ3n) is 1.89. The van der Waals surface area contributed by atoms with Gasteiger partial charge in [-0.25, -0.2) is 0 Å². The van der Waals surface area contributed by atoms with Crippen LogP contribution >= 0.6 is 24.0 Å². The van der Waals surface area contributed by atoms with E-state index in [1.54, 1.807) is 0 Å². The predicted molar refractivity (Wildman–Crippen MR) is 47.7 cm³/mol. The highest BCUT2D eigenvalue weighted by Crippen LogP contribution is 2.21. The van der Waals surface area contributed by atoms with E-state index in [1.807, 2.05) is 0 Å². The van der Waals surface area contributed by atoms with Gasteiger partial charge in [-0.05, 0) is 5.92 Å². The molecule has 0 aromatic carbocycles. The monoisotopic (exact) mass is 226 g/mol. The van der Waals surface area contributed by atoms with Gasteiger partial charge in [0.15, 0.2) is 0 Å². The van der Waals surface area contributed by atoms with Crippen molar-refractivity contribution in [1.82, 2.24) is 0 Å². The summed E-state index contributed by atoms with van der Waals surface area (Å²) in [6.45, 7) is 2.36. The maximum Gasteiger partial charge on any atom is -0.0443 e. The average molecular weight is 226 g/mol. The van der Waals surface area contributed by atoms with Crippen molar-refractivity contribution >= 4 is 24.0 Å². The molecule has 0 atom stereocenters. The van der Waals surface area contributed by atoms with E-state index in [4.69, 9.17) is 0 Å². The molecule has 1 aliphatic carbocycles. The number of hydrogen-bond acceptors (Lipinski definition) is 0. The maximum absolute atomic E-state index is 2.36. The summed E-state index contributed by atoms with van der Waals surface area (Å²) in [6.07, 6.45) is 7.44. The Morgan fingerprint density at radius 1 is 1.00 bits per heavy atom. The second kappa shape index (κ2) is 4.59. The third kappa shape index (κ3) is 2.90. The van der Waals surface area contributed by atoms with Crippen molar-refractivity contribution < 1.29 is 0 Å². The van der Waals surface area contributed by atoms with Crippen LogP contribution in [-0.2, 0) is 0 Å². The molecule has 1 saturated carbocycles. The molecule has 0 radical (unpaired) electrons. The van der Waals surface area contributed by atoms with Gasteiger partial charge in [0, 0.05) is 0 Å². The minimum atomic E-state index is 0. The fraction of sp³-hybridized carbons (Fsp3) is 1.00. The Bertz CT molecular complexity index is 46.3. The molecule has 8 heavy (non-hydrogen) atoms. The molecule has 0 spiro atoms. The van der Waals surface area contributed by atoms with Gasteiger partial charge in [0.25, 0.3) is 0 Å². The molecule has 1 rings (SSSR count). The van der Waals surface area contributed by atoms with Gasteiger partial charge < -0.3 is 0 Å². The Labute approximate surface area is 69.1 Å². The summed E-state index contributed by atoms with van der Waals surface area (Å²) in [5.74, 6) is 1.04. The normalized spacial score (nSPS) is 22.1. The fourth-order valence-corrected chi connectivity index (χ4v) is 1.31. The molecular weight excluding hydrogens is 211 g/mol. The maximum atomic E-state index is 2.36. The molecule has 1 heteroatoms.